The summed E-state index contributed by atoms with van der Waals surface area (Å²) in [5.41, 5.74) is 1.19. The third kappa shape index (κ3) is 2.73. The molecule has 0 aliphatic carbocycles. The Morgan fingerprint density at radius 3 is 2.76 bits per heavy atom. The summed E-state index contributed by atoms with van der Waals surface area (Å²) < 4.78 is 5.47. The van der Waals surface area contributed by atoms with E-state index in [0.29, 0.717) is 45.6 Å². The molecule has 0 N–H and O–H groups in total. The van der Waals surface area contributed by atoms with E-state index < -0.39 is 5.60 Å². The second-order valence-electron chi connectivity index (χ2n) is 7.11. The molecule has 132 valence electrons. The number of likely N-dealkylation sites (N-methyl/N-ethyl adjacent to an activating group) is 1. The van der Waals surface area contributed by atoms with Crippen LogP contribution in [0.2, 0.25) is 0 Å². The number of amides is 3. The number of ether oxygens (including phenoxy) is 1. The molecule has 7 nitrogen and oxygen atoms in total. The van der Waals surface area contributed by atoms with Gasteiger partial charge in [0.25, 0.3) is 5.91 Å². The molecule has 2 saturated heterocycles. The lowest BCUT2D eigenvalue weighted by atomic mass is 10.0. The molecule has 3 aliphatic rings. The third-order valence-corrected chi connectivity index (χ3v) is 5.30. The molecule has 1 atom stereocenters. The van der Waals surface area contributed by atoms with E-state index in [2.05, 4.69) is 0 Å². The van der Waals surface area contributed by atoms with Gasteiger partial charge in [-0.05, 0) is 11.6 Å². The van der Waals surface area contributed by atoms with Gasteiger partial charge in [-0.1, -0.05) is 18.2 Å². The fourth-order valence-corrected chi connectivity index (χ4v) is 3.95. The Bertz CT molecular complexity index is 750. The van der Waals surface area contributed by atoms with Gasteiger partial charge in [0, 0.05) is 45.1 Å². The van der Waals surface area contributed by atoms with Crippen LogP contribution in [0.25, 0.3) is 0 Å². The van der Waals surface area contributed by atoms with Crippen LogP contribution >= 0.6 is 0 Å². The smallest absolute Gasteiger partial charge is 0.410 e. The first-order valence-electron chi connectivity index (χ1n) is 8.56. The lowest BCUT2D eigenvalue weighted by Gasteiger charge is -2.22. The number of carbonyl (C=O) groups excluding carboxylic acids is 3. The van der Waals surface area contributed by atoms with E-state index in [4.69, 9.17) is 4.74 Å². The second-order valence-corrected chi connectivity index (χ2v) is 7.11. The lowest BCUT2D eigenvalue weighted by Crippen LogP contribution is -2.40. The van der Waals surface area contributed by atoms with Gasteiger partial charge in [-0.3, -0.25) is 9.59 Å². The zero-order chi connectivity index (χ0) is 17.6. The first-order chi connectivity index (χ1) is 12.0. The molecule has 1 aromatic rings. The molecule has 3 amide bonds. The second kappa shape index (κ2) is 5.75. The Morgan fingerprint density at radius 2 is 2.04 bits per heavy atom. The zero-order valence-corrected chi connectivity index (χ0v) is 14.2. The first-order valence-corrected chi connectivity index (χ1v) is 8.56. The number of hydrogen-bond donors (Lipinski definition) is 0. The van der Waals surface area contributed by atoms with Crippen molar-refractivity contribution in [2.75, 3.05) is 33.2 Å². The molecule has 7 heteroatoms. The molecule has 2 fully saturated rings. The molecule has 0 radical (unpaired) electrons. The summed E-state index contributed by atoms with van der Waals surface area (Å²) in [6.45, 7) is 2.53. The number of hydrogen-bond acceptors (Lipinski definition) is 4. The van der Waals surface area contributed by atoms with Crippen LogP contribution in [-0.4, -0.2) is 71.4 Å². The monoisotopic (exact) mass is 343 g/mol. The summed E-state index contributed by atoms with van der Waals surface area (Å²) in [6, 6.07) is 7.55. The minimum Gasteiger partial charge on any atom is -0.439 e. The molecule has 3 aliphatic heterocycles. The summed E-state index contributed by atoms with van der Waals surface area (Å²) in [7, 11) is 1.71. The van der Waals surface area contributed by atoms with E-state index in [1.54, 1.807) is 21.7 Å². The van der Waals surface area contributed by atoms with E-state index in [1.165, 1.54) is 0 Å². The van der Waals surface area contributed by atoms with Crippen molar-refractivity contribution < 1.29 is 19.1 Å². The van der Waals surface area contributed by atoms with Crippen LogP contribution in [0.5, 0.6) is 0 Å². The molecule has 25 heavy (non-hydrogen) atoms. The fourth-order valence-electron chi connectivity index (χ4n) is 3.95. The zero-order valence-electron chi connectivity index (χ0n) is 14.2. The number of carbonyl (C=O) groups is 3. The van der Waals surface area contributed by atoms with Gasteiger partial charge in [0.05, 0.1) is 13.1 Å². The maximum Gasteiger partial charge on any atom is 0.410 e. The quantitative estimate of drug-likeness (QED) is 0.824. The van der Waals surface area contributed by atoms with Gasteiger partial charge < -0.3 is 19.4 Å². The van der Waals surface area contributed by atoms with E-state index in [9.17, 15) is 14.4 Å². The van der Waals surface area contributed by atoms with Crippen LogP contribution in [0.3, 0.4) is 0 Å². The molecule has 4 rings (SSSR count). The van der Waals surface area contributed by atoms with Crippen molar-refractivity contribution in [3.05, 3.63) is 35.4 Å². The highest BCUT2D eigenvalue weighted by Gasteiger charge is 2.49. The van der Waals surface area contributed by atoms with Crippen molar-refractivity contribution in [3.8, 4) is 0 Å². The van der Waals surface area contributed by atoms with Crippen LogP contribution in [0, 0.1) is 0 Å². The van der Waals surface area contributed by atoms with Crippen LogP contribution in [0.4, 0.5) is 4.79 Å². The Kier molecular flexibility index (Phi) is 3.67. The normalized spacial score (nSPS) is 25.1. The number of rotatable bonds is 3. The minimum absolute atomic E-state index is 0.00577. The highest BCUT2D eigenvalue weighted by Crippen LogP contribution is 2.32. The number of nitrogens with zero attached hydrogens (tertiary/aromatic N) is 3. The highest BCUT2D eigenvalue weighted by atomic mass is 16.6. The largest absolute Gasteiger partial charge is 0.439 e. The predicted molar refractivity (Wildman–Crippen MR) is 88.8 cm³/mol. The first kappa shape index (κ1) is 15.9. The third-order valence-electron chi connectivity index (χ3n) is 5.30. The van der Waals surface area contributed by atoms with E-state index in [-0.39, 0.29) is 17.9 Å². The Morgan fingerprint density at radius 1 is 1.24 bits per heavy atom. The van der Waals surface area contributed by atoms with Crippen LogP contribution in [0.1, 0.15) is 28.8 Å². The molecule has 0 unspecified atom stereocenters. The molecule has 0 bridgehead atoms. The van der Waals surface area contributed by atoms with E-state index in [1.807, 2.05) is 24.3 Å². The topological polar surface area (TPSA) is 70.2 Å². The highest BCUT2D eigenvalue weighted by molar-refractivity contribution is 5.98. The average molecular weight is 343 g/mol. The SMILES string of the molecule is CN1C[C@@]2(CCN(C(=O)CCN3Cc4ccccc4C3=O)C2)OC1=O. The summed E-state index contributed by atoms with van der Waals surface area (Å²) in [6.07, 6.45) is 0.636. The van der Waals surface area contributed by atoms with Gasteiger partial charge in [-0.2, -0.15) is 0 Å². The van der Waals surface area contributed by atoms with Crippen molar-refractivity contribution in [1.82, 2.24) is 14.7 Å². The van der Waals surface area contributed by atoms with Crippen molar-refractivity contribution in [2.45, 2.75) is 25.0 Å². The maximum absolute atomic E-state index is 12.5. The predicted octanol–water partition coefficient (Wildman–Crippen LogP) is 1.09. The van der Waals surface area contributed by atoms with Gasteiger partial charge >= 0.3 is 6.09 Å². The minimum atomic E-state index is -0.554. The van der Waals surface area contributed by atoms with Gasteiger partial charge in [-0.25, -0.2) is 4.79 Å². The Hall–Kier alpha value is -2.57. The summed E-state index contributed by atoms with van der Waals surface area (Å²) >= 11 is 0. The fraction of sp³-hybridized carbons (Fsp3) is 0.500. The molecular weight excluding hydrogens is 322 g/mol. The van der Waals surface area contributed by atoms with Crippen molar-refractivity contribution in [1.29, 1.82) is 0 Å². The number of fused-ring (bicyclic) bond motifs is 1. The van der Waals surface area contributed by atoms with E-state index in [0.717, 1.165) is 11.1 Å². The van der Waals surface area contributed by atoms with Gasteiger partial charge in [0.1, 0.15) is 0 Å². The summed E-state index contributed by atoms with van der Waals surface area (Å²) in [5, 5.41) is 0. The van der Waals surface area contributed by atoms with Gasteiger partial charge in [-0.15, -0.1) is 0 Å². The van der Waals surface area contributed by atoms with Crippen molar-refractivity contribution in [2.24, 2.45) is 0 Å². The van der Waals surface area contributed by atoms with Crippen LogP contribution in [-0.2, 0) is 16.1 Å². The average Bonchev–Trinajstić information content (AvgIpc) is 3.23. The summed E-state index contributed by atoms with van der Waals surface area (Å²) in [5.74, 6) is -0.00104. The van der Waals surface area contributed by atoms with Crippen LogP contribution in [0.15, 0.2) is 24.3 Å². The molecule has 0 aromatic heterocycles. The molecule has 1 spiro atoms. The Balaban J connectivity index is 1.32. The Labute approximate surface area is 146 Å². The van der Waals surface area contributed by atoms with E-state index >= 15 is 0 Å². The standard InChI is InChI=1S/C18H21N3O4/c1-19-11-18(25-17(19)24)7-9-21(12-18)15(22)6-8-20-10-13-4-2-3-5-14(13)16(20)23/h2-5H,6-12H2,1H3/t18-/m1/s1. The molecule has 1 aromatic carbocycles. The van der Waals surface area contributed by atoms with Gasteiger partial charge in [0.15, 0.2) is 5.60 Å². The maximum atomic E-state index is 12.5. The summed E-state index contributed by atoms with van der Waals surface area (Å²) in [4.78, 5) is 41.5. The molecule has 3 heterocycles. The lowest BCUT2D eigenvalue weighted by molar-refractivity contribution is -0.131. The van der Waals surface area contributed by atoms with Crippen LogP contribution < -0.4 is 0 Å². The number of benzene rings is 1. The van der Waals surface area contributed by atoms with Crippen molar-refractivity contribution >= 4 is 17.9 Å². The van der Waals surface area contributed by atoms with Crippen molar-refractivity contribution in [3.63, 3.8) is 0 Å². The van der Waals surface area contributed by atoms with Gasteiger partial charge in [0.2, 0.25) is 5.91 Å². The molecule has 0 saturated carbocycles. The molecular formula is C18H21N3O4. The number of likely N-dealkylation sites (tertiary alicyclic amines) is 1.